The molecule has 0 saturated carbocycles. The Balaban J connectivity index is 1.23. The Bertz CT molecular complexity index is 2410. The van der Waals surface area contributed by atoms with E-state index in [1.54, 1.807) is 0 Å². The van der Waals surface area contributed by atoms with Gasteiger partial charge in [-0.2, -0.15) is 0 Å². The van der Waals surface area contributed by atoms with Crippen molar-refractivity contribution in [2.75, 3.05) is 47.0 Å². The first-order chi connectivity index (χ1) is 23.0. The van der Waals surface area contributed by atoms with Crippen LogP contribution in [0.2, 0.25) is 0 Å². The maximum atomic E-state index is 2.51. The first-order valence-corrected chi connectivity index (χ1v) is 16.5. The molecule has 0 spiro atoms. The Morgan fingerprint density at radius 1 is 0.489 bits per heavy atom. The van der Waals surface area contributed by atoms with Crippen LogP contribution in [0.5, 0.6) is 0 Å². The summed E-state index contributed by atoms with van der Waals surface area (Å²) in [5.74, 6) is 0. The molecular formula is C42H35N5. The molecule has 5 heteroatoms. The van der Waals surface area contributed by atoms with Gasteiger partial charge < -0.3 is 24.2 Å². The molecule has 1 aromatic heterocycles. The van der Waals surface area contributed by atoms with Crippen LogP contribution in [0, 0.1) is 0 Å². The summed E-state index contributed by atoms with van der Waals surface area (Å²) < 4.78 is 2.51. The van der Waals surface area contributed by atoms with Gasteiger partial charge >= 0.3 is 0 Å². The Morgan fingerprint density at radius 3 is 1.81 bits per heavy atom. The molecule has 5 nitrogen and oxygen atoms in total. The molecule has 0 amide bonds. The molecule has 0 fully saturated rings. The molecule has 3 aliphatic heterocycles. The standard InChI is InChI=1S/C42H35N5/c1-42(28-12-10-13-29(24-28)45-26-43(2)37-18-6-8-20-39(37)45)33-16-11-15-32-31-14-4-5-17-35(31)47(41(32)33)36-23-22-30(25-34(36)42)46-27-44(3)38-19-7-9-21-40(38)46/h4-25H,26-27H2,1-3H3. The molecule has 10 rings (SSSR count). The maximum absolute atomic E-state index is 2.51. The third-order valence-corrected chi connectivity index (χ3v) is 10.9. The molecule has 0 bridgehead atoms. The number of nitrogens with zero attached hydrogens (tertiary/aromatic N) is 5. The van der Waals surface area contributed by atoms with Crippen LogP contribution in [0.1, 0.15) is 23.6 Å². The Labute approximate surface area is 275 Å². The van der Waals surface area contributed by atoms with E-state index in [-0.39, 0.29) is 0 Å². The monoisotopic (exact) mass is 609 g/mol. The second-order valence-corrected chi connectivity index (χ2v) is 13.4. The minimum absolute atomic E-state index is 0.401. The molecule has 0 aliphatic carbocycles. The van der Waals surface area contributed by atoms with E-state index in [1.165, 1.54) is 78.3 Å². The van der Waals surface area contributed by atoms with Crippen LogP contribution >= 0.6 is 0 Å². The van der Waals surface area contributed by atoms with Crippen molar-refractivity contribution in [1.29, 1.82) is 0 Å². The van der Waals surface area contributed by atoms with Crippen molar-refractivity contribution in [1.82, 2.24) is 4.57 Å². The second kappa shape index (κ2) is 9.43. The van der Waals surface area contributed by atoms with Gasteiger partial charge in [0.15, 0.2) is 0 Å². The lowest BCUT2D eigenvalue weighted by atomic mass is 9.68. The average Bonchev–Trinajstić information content (AvgIpc) is 3.77. The molecule has 0 radical (unpaired) electrons. The first-order valence-electron chi connectivity index (χ1n) is 16.5. The third-order valence-electron chi connectivity index (χ3n) is 10.9. The largest absolute Gasteiger partial charge is 0.355 e. The summed E-state index contributed by atoms with van der Waals surface area (Å²) in [6.07, 6.45) is 0. The molecule has 0 saturated heterocycles. The van der Waals surface area contributed by atoms with Gasteiger partial charge in [-0.25, -0.2) is 0 Å². The molecule has 47 heavy (non-hydrogen) atoms. The van der Waals surface area contributed by atoms with Crippen LogP contribution in [0.25, 0.3) is 27.5 Å². The summed E-state index contributed by atoms with van der Waals surface area (Å²) in [5.41, 5.74) is 14.8. The van der Waals surface area contributed by atoms with E-state index in [0.717, 1.165) is 13.3 Å². The number of hydrogen-bond donors (Lipinski definition) is 0. The number of anilines is 6. The highest BCUT2D eigenvalue weighted by atomic mass is 15.4. The van der Waals surface area contributed by atoms with E-state index in [0.29, 0.717) is 0 Å². The van der Waals surface area contributed by atoms with E-state index < -0.39 is 5.41 Å². The van der Waals surface area contributed by atoms with Gasteiger partial charge in [0.05, 0.1) is 52.8 Å². The van der Waals surface area contributed by atoms with Crippen molar-refractivity contribution >= 4 is 55.9 Å². The molecule has 4 heterocycles. The van der Waals surface area contributed by atoms with Crippen LogP contribution in [0.15, 0.2) is 133 Å². The van der Waals surface area contributed by atoms with Gasteiger partial charge in [0.25, 0.3) is 0 Å². The molecule has 6 aromatic carbocycles. The topological polar surface area (TPSA) is 17.9 Å². The second-order valence-electron chi connectivity index (χ2n) is 13.4. The Hall–Kier alpha value is -5.68. The van der Waals surface area contributed by atoms with Crippen molar-refractivity contribution in [3.05, 3.63) is 150 Å². The van der Waals surface area contributed by atoms with E-state index >= 15 is 0 Å². The van der Waals surface area contributed by atoms with Gasteiger partial charge in [0.1, 0.15) is 0 Å². The highest BCUT2D eigenvalue weighted by molar-refractivity contribution is 6.12. The average molecular weight is 610 g/mol. The van der Waals surface area contributed by atoms with Crippen LogP contribution in [-0.2, 0) is 5.41 Å². The number of para-hydroxylation sites is 6. The fraction of sp³-hybridized carbons (Fsp3) is 0.143. The van der Waals surface area contributed by atoms with Gasteiger partial charge in [-0.3, -0.25) is 0 Å². The number of fused-ring (bicyclic) bond motifs is 7. The molecule has 1 unspecified atom stereocenters. The predicted molar refractivity (Wildman–Crippen MR) is 196 cm³/mol. The zero-order chi connectivity index (χ0) is 31.4. The van der Waals surface area contributed by atoms with E-state index in [1.807, 2.05) is 0 Å². The van der Waals surface area contributed by atoms with Crippen LogP contribution in [-0.4, -0.2) is 32.0 Å². The molecule has 0 N–H and O–H groups in total. The SMILES string of the molecule is CN1CN(c2cccc(C3(C)c4cc(N5CN(C)c6ccccc65)ccc4-n4c5ccccc5c5cccc3c54)c2)c2ccccc21. The highest BCUT2D eigenvalue weighted by Gasteiger charge is 2.41. The number of hydrogen-bond acceptors (Lipinski definition) is 4. The lowest BCUT2D eigenvalue weighted by Crippen LogP contribution is -2.32. The zero-order valence-electron chi connectivity index (χ0n) is 26.9. The summed E-state index contributed by atoms with van der Waals surface area (Å²) in [4.78, 5) is 9.56. The van der Waals surface area contributed by atoms with Crippen LogP contribution in [0.4, 0.5) is 34.1 Å². The highest BCUT2D eigenvalue weighted by Crippen LogP contribution is 2.53. The normalized spacial score (nSPS) is 17.9. The minimum atomic E-state index is -0.401. The fourth-order valence-electron chi connectivity index (χ4n) is 8.60. The first kappa shape index (κ1) is 26.5. The molecule has 228 valence electrons. The zero-order valence-corrected chi connectivity index (χ0v) is 26.9. The Morgan fingerprint density at radius 2 is 1.09 bits per heavy atom. The Kier molecular flexibility index (Phi) is 5.32. The molecule has 7 aromatic rings. The fourth-order valence-corrected chi connectivity index (χ4v) is 8.60. The van der Waals surface area contributed by atoms with Crippen molar-refractivity contribution in [3.8, 4) is 5.69 Å². The van der Waals surface area contributed by atoms with E-state index in [4.69, 9.17) is 0 Å². The van der Waals surface area contributed by atoms with Crippen molar-refractivity contribution in [2.24, 2.45) is 0 Å². The summed E-state index contributed by atoms with van der Waals surface area (Å²) in [6.45, 7) is 4.09. The van der Waals surface area contributed by atoms with Crippen LogP contribution in [0.3, 0.4) is 0 Å². The summed E-state index contributed by atoms with van der Waals surface area (Å²) >= 11 is 0. The van der Waals surface area contributed by atoms with E-state index in [2.05, 4.69) is 179 Å². The summed E-state index contributed by atoms with van der Waals surface area (Å²) in [6, 6.07) is 49.6. The molecular weight excluding hydrogens is 574 g/mol. The quantitative estimate of drug-likeness (QED) is 0.198. The van der Waals surface area contributed by atoms with Gasteiger partial charge in [-0.15, -0.1) is 0 Å². The predicted octanol–water partition coefficient (Wildman–Crippen LogP) is 9.54. The molecule has 3 aliphatic rings. The third kappa shape index (κ3) is 3.49. The van der Waals surface area contributed by atoms with Gasteiger partial charge in [0.2, 0.25) is 0 Å². The van der Waals surface area contributed by atoms with E-state index in [9.17, 15) is 0 Å². The maximum Gasteiger partial charge on any atom is 0.0950 e. The van der Waals surface area contributed by atoms with Crippen LogP contribution < -0.4 is 19.6 Å². The summed E-state index contributed by atoms with van der Waals surface area (Å²) in [5, 5.41) is 2.60. The van der Waals surface area contributed by atoms with Crippen molar-refractivity contribution < 1.29 is 0 Å². The van der Waals surface area contributed by atoms with Gasteiger partial charge in [-0.1, -0.05) is 72.8 Å². The van der Waals surface area contributed by atoms with Gasteiger partial charge in [0, 0.05) is 41.7 Å². The lowest BCUT2D eigenvalue weighted by molar-refractivity contribution is 0.678. The number of rotatable bonds is 3. The smallest absolute Gasteiger partial charge is 0.0950 e. The number of aromatic nitrogens is 1. The lowest BCUT2D eigenvalue weighted by Gasteiger charge is -2.39. The van der Waals surface area contributed by atoms with Gasteiger partial charge in [-0.05, 0) is 84.3 Å². The van der Waals surface area contributed by atoms with Crippen molar-refractivity contribution in [2.45, 2.75) is 12.3 Å². The summed E-state index contributed by atoms with van der Waals surface area (Å²) in [7, 11) is 4.36. The minimum Gasteiger partial charge on any atom is -0.355 e. The van der Waals surface area contributed by atoms with Crippen molar-refractivity contribution in [3.63, 3.8) is 0 Å². The number of benzene rings is 6. The molecule has 1 atom stereocenters.